The minimum Gasteiger partial charge on any atom is -0.493 e. The number of benzene rings is 3. The molecule has 3 aromatic carbocycles. The Hall–Kier alpha value is -2.32. The van der Waals surface area contributed by atoms with Crippen molar-refractivity contribution < 1.29 is 9.47 Å². The van der Waals surface area contributed by atoms with Gasteiger partial charge in [-0.2, -0.15) is 0 Å². The predicted octanol–water partition coefficient (Wildman–Crippen LogP) is 8.69. The lowest BCUT2D eigenvalue weighted by molar-refractivity contribution is -0.00951. The quantitative estimate of drug-likeness (QED) is 0.371. The van der Waals surface area contributed by atoms with E-state index in [-0.39, 0.29) is 12.0 Å². The van der Waals surface area contributed by atoms with Crippen molar-refractivity contribution in [2.75, 3.05) is 13.2 Å². The van der Waals surface area contributed by atoms with Gasteiger partial charge in [-0.3, -0.25) is 0 Å². The topological polar surface area (TPSA) is 18.5 Å². The largest absolute Gasteiger partial charge is 0.493 e. The minimum atomic E-state index is 0.126. The van der Waals surface area contributed by atoms with Crippen LogP contribution in [0.4, 0.5) is 0 Å². The van der Waals surface area contributed by atoms with Gasteiger partial charge >= 0.3 is 0 Å². The Kier molecular flexibility index (Phi) is 7.78. The third-order valence-corrected chi connectivity index (χ3v) is 8.77. The fourth-order valence-electron chi connectivity index (χ4n) is 6.77. The lowest BCUT2D eigenvalue weighted by Gasteiger charge is -2.34. The predicted molar refractivity (Wildman–Crippen MR) is 146 cm³/mol. The first-order valence-corrected chi connectivity index (χ1v) is 14.0. The van der Waals surface area contributed by atoms with Crippen LogP contribution in [0.15, 0.2) is 60.7 Å². The highest BCUT2D eigenvalue weighted by atomic mass is 16.5. The van der Waals surface area contributed by atoms with Crippen molar-refractivity contribution in [1.82, 2.24) is 0 Å². The Balaban J connectivity index is 1.54. The smallest absolute Gasteiger partial charge is 0.123 e. The van der Waals surface area contributed by atoms with Gasteiger partial charge in [-0.05, 0) is 66.0 Å². The maximum Gasteiger partial charge on any atom is 0.123 e. The SMILES string of the molecule is CCCC1CCC(C2COc3ccc4ccccc4c3C(c3ccccc3C)C(CC)OC2)CC1. The van der Waals surface area contributed by atoms with Crippen molar-refractivity contribution in [1.29, 1.82) is 0 Å². The Labute approximate surface area is 212 Å². The number of rotatable bonds is 5. The second-order valence-corrected chi connectivity index (χ2v) is 11.0. The third-order valence-electron chi connectivity index (χ3n) is 8.77. The van der Waals surface area contributed by atoms with Crippen LogP contribution >= 0.6 is 0 Å². The molecule has 2 heteroatoms. The Morgan fingerprint density at radius 1 is 0.800 bits per heavy atom. The van der Waals surface area contributed by atoms with Crippen molar-refractivity contribution >= 4 is 10.8 Å². The van der Waals surface area contributed by atoms with Gasteiger partial charge in [0.15, 0.2) is 0 Å². The van der Waals surface area contributed by atoms with Crippen molar-refractivity contribution in [2.24, 2.45) is 17.8 Å². The number of hydrogen-bond acceptors (Lipinski definition) is 2. The van der Waals surface area contributed by atoms with E-state index in [1.807, 2.05) is 0 Å². The lowest BCUT2D eigenvalue weighted by atomic mass is 9.75. The molecular weight excluding hydrogens is 428 g/mol. The molecule has 3 aromatic rings. The van der Waals surface area contributed by atoms with E-state index >= 15 is 0 Å². The standard InChI is InChI=1S/C33H42O2/c1-4-10-24-15-17-25(18-16-24)27-21-34-30(5-2)32(28-13-8-6-11-23(28)3)33-29-14-9-7-12-26(29)19-20-31(33)35-22-27/h6-9,11-14,19-20,24-25,27,30,32H,4-5,10,15-18,21-22H2,1-3H3. The van der Waals surface area contributed by atoms with Crippen LogP contribution in [0.3, 0.4) is 0 Å². The molecule has 0 saturated heterocycles. The van der Waals surface area contributed by atoms with Crippen molar-refractivity contribution in [3.05, 3.63) is 77.4 Å². The fraction of sp³-hybridized carbons (Fsp3) is 0.515. The number of aryl methyl sites for hydroxylation is 1. The summed E-state index contributed by atoms with van der Waals surface area (Å²) in [7, 11) is 0. The van der Waals surface area contributed by atoms with Gasteiger partial charge in [0.2, 0.25) is 0 Å². The van der Waals surface area contributed by atoms with Gasteiger partial charge in [-0.15, -0.1) is 0 Å². The van der Waals surface area contributed by atoms with E-state index in [9.17, 15) is 0 Å². The molecule has 1 aliphatic heterocycles. The van der Waals surface area contributed by atoms with Crippen molar-refractivity contribution in [2.45, 2.75) is 77.7 Å². The van der Waals surface area contributed by atoms with Gasteiger partial charge in [0.05, 0.1) is 19.3 Å². The Morgan fingerprint density at radius 3 is 2.34 bits per heavy atom. The van der Waals surface area contributed by atoms with Crippen LogP contribution in [-0.2, 0) is 4.74 Å². The summed E-state index contributed by atoms with van der Waals surface area (Å²) in [6.45, 7) is 8.40. The van der Waals surface area contributed by atoms with Crippen LogP contribution < -0.4 is 4.74 Å². The first-order chi connectivity index (χ1) is 17.2. The molecule has 1 fully saturated rings. The van der Waals surface area contributed by atoms with Crippen LogP contribution in [0.25, 0.3) is 10.8 Å². The zero-order valence-corrected chi connectivity index (χ0v) is 21.8. The van der Waals surface area contributed by atoms with Crippen LogP contribution in [0.1, 0.15) is 81.4 Å². The van der Waals surface area contributed by atoms with Gasteiger partial charge in [0, 0.05) is 17.4 Å². The zero-order valence-electron chi connectivity index (χ0n) is 21.8. The molecule has 35 heavy (non-hydrogen) atoms. The molecule has 3 unspecified atom stereocenters. The number of hydrogen-bond donors (Lipinski definition) is 0. The van der Waals surface area contributed by atoms with E-state index in [1.165, 1.54) is 66.0 Å². The molecular formula is C33H42O2. The monoisotopic (exact) mass is 470 g/mol. The molecule has 0 amide bonds. The van der Waals surface area contributed by atoms with E-state index in [4.69, 9.17) is 9.47 Å². The maximum atomic E-state index is 6.90. The summed E-state index contributed by atoms with van der Waals surface area (Å²) in [4.78, 5) is 0. The average Bonchev–Trinajstić information content (AvgIpc) is 2.97. The lowest BCUT2D eigenvalue weighted by Crippen LogP contribution is -2.31. The normalized spacial score (nSPS) is 27.3. The first kappa shape index (κ1) is 24.4. The highest BCUT2D eigenvalue weighted by Gasteiger charge is 2.35. The average molecular weight is 471 g/mol. The van der Waals surface area contributed by atoms with E-state index < -0.39 is 0 Å². The van der Waals surface area contributed by atoms with Gasteiger partial charge < -0.3 is 9.47 Å². The highest BCUT2D eigenvalue weighted by Crippen LogP contribution is 2.44. The minimum absolute atomic E-state index is 0.126. The Bertz CT molecular complexity index is 1110. The molecule has 1 aliphatic carbocycles. The molecule has 186 valence electrons. The van der Waals surface area contributed by atoms with Gasteiger partial charge in [0.1, 0.15) is 5.75 Å². The molecule has 0 bridgehead atoms. The summed E-state index contributed by atoms with van der Waals surface area (Å²) in [5.41, 5.74) is 3.99. The molecule has 3 atom stereocenters. The summed E-state index contributed by atoms with van der Waals surface area (Å²) >= 11 is 0. The van der Waals surface area contributed by atoms with Crippen LogP contribution in [0, 0.1) is 24.7 Å². The summed E-state index contributed by atoms with van der Waals surface area (Å²) in [5, 5.41) is 2.56. The van der Waals surface area contributed by atoms with Gasteiger partial charge in [-0.25, -0.2) is 0 Å². The molecule has 0 aromatic heterocycles. The zero-order chi connectivity index (χ0) is 24.2. The Morgan fingerprint density at radius 2 is 1.57 bits per heavy atom. The molecule has 5 rings (SSSR count). The van der Waals surface area contributed by atoms with E-state index in [0.29, 0.717) is 11.8 Å². The molecule has 0 N–H and O–H groups in total. The fourth-order valence-corrected chi connectivity index (χ4v) is 6.77. The second-order valence-electron chi connectivity index (χ2n) is 11.0. The summed E-state index contributed by atoms with van der Waals surface area (Å²) < 4.78 is 13.7. The molecule has 1 saturated carbocycles. The summed E-state index contributed by atoms with van der Waals surface area (Å²) in [6.07, 6.45) is 9.21. The van der Waals surface area contributed by atoms with Gasteiger partial charge in [-0.1, -0.05) is 94.1 Å². The third kappa shape index (κ3) is 5.14. The molecule has 0 radical (unpaired) electrons. The van der Waals surface area contributed by atoms with Gasteiger partial charge in [0.25, 0.3) is 0 Å². The van der Waals surface area contributed by atoms with Crippen molar-refractivity contribution in [3.63, 3.8) is 0 Å². The molecule has 0 spiro atoms. The first-order valence-electron chi connectivity index (χ1n) is 14.0. The maximum absolute atomic E-state index is 6.90. The van der Waals surface area contributed by atoms with Crippen molar-refractivity contribution in [3.8, 4) is 5.75 Å². The molecule has 2 nitrogen and oxygen atoms in total. The number of ether oxygens (including phenoxy) is 2. The van der Waals surface area contributed by atoms with E-state index in [2.05, 4.69) is 81.4 Å². The summed E-state index contributed by atoms with van der Waals surface area (Å²) in [5.74, 6) is 3.29. The molecule has 1 heterocycles. The number of fused-ring (bicyclic) bond motifs is 3. The van der Waals surface area contributed by atoms with Crippen LogP contribution in [0.2, 0.25) is 0 Å². The van der Waals surface area contributed by atoms with Crippen LogP contribution in [0.5, 0.6) is 5.75 Å². The van der Waals surface area contributed by atoms with Crippen LogP contribution in [-0.4, -0.2) is 19.3 Å². The molecule has 2 aliphatic rings. The second kappa shape index (κ2) is 11.2. The summed E-state index contributed by atoms with van der Waals surface area (Å²) in [6, 6.07) is 22.1. The highest BCUT2D eigenvalue weighted by molar-refractivity contribution is 5.89. The van der Waals surface area contributed by atoms with E-state index in [1.54, 1.807) is 0 Å². The van der Waals surface area contributed by atoms with E-state index in [0.717, 1.165) is 31.3 Å².